The number of hydrogen-bond donors (Lipinski definition) is 2. The Morgan fingerprint density at radius 1 is 0.810 bits per heavy atom. The lowest BCUT2D eigenvalue weighted by atomic mass is 10.1. The summed E-state index contributed by atoms with van der Waals surface area (Å²) >= 11 is 0. The Labute approximate surface area is 119 Å². The maximum absolute atomic E-state index is 11.5. The van der Waals surface area contributed by atoms with Crippen LogP contribution < -0.4 is 0 Å². The van der Waals surface area contributed by atoms with Crippen molar-refractivity contribution in [3.05, 3.63) is 36.4 Å². The van der Waals surface area contributed by atoms with Crippen molar-refractivity contribution in [3.63, 3.8) is 0 Å². The Morgan fingerprint density at radius 3 is 2.10 bits per heavy atom. The summed E-state index contributed by atoms with van der Waals surface area (Å²) in [5.41, 5.74) is -0.00119. The molecule has 2 N–H and O–H groups in total. The summed E-state index contributed by atoms with van der Waals surface area (Å²) in [7, 11) is -9.77. The summed E-state index contributed by atoms with van der Waals surface area (Å²) in [6, 6.07) is 8.78. The van der Waals surface area contributed by atoms with Crippen LogP contribution in [0.3, 0.4) is 0 Å². The van der Waals surface area contributed by atoms with Crippen molar-refractivity contribution in [3.8, 4) is 0 Å². The van der Waals surface area contributed by atoms with Gasteiger partial charge in [-0.1, -0.05) is 18.2 Å². The van der Waals surface area contributed by atoms with E-state index in [1.165, 1.54) is 6.07 Å². The summed E-state index contributed by atoms with van der Waals surface area (Å²) in [5.74, 6) is 0. The molecule has 0 unspecified atom stereocenters. The zero-order valence-corrected chi connectivity index (χ0v) is 11.8. The monoisotopic (exact) mass is 328 g/mol. The van der Waals surface area contributed by atoms with Crippen molar-refractivity contribution in [1.82, 2.24) is 0 Å². The second-order valence-corrected chi connectivity index (χ2v) is 7.07. The van der Waals surface area contributed by atoms with Crippen LogP contribution in [-0.2, 0) is 20.2 Å². The number of benzene rings is 2. The first kappa shape index (κ1) is 14.0. The van der Waals surface area contributed by atoms with Crippen LogP contribution in [0.2, 0.25) is 0 Å². The van der Waals surface area contributed by atoms with E-state index in [4.69, 9.17) is 8.97 Å². The number of para-hydroxylation sites is 1. The molecule has 21 heavy (non-hydrogen) atoms. The second-order valence-electron chi connectivity index (χ2n) is 4.32. The highest BCUT2D eigenvalue weighted by atomic mass is 32.2. The Kier molecular flexibility index (Phi) is 2.85. The average Bonchev–Trinajstić information content (AvgIpc) is 2.73. The zero-order valence-electron chi connectivity index (χ0n) is 10.2. The van der Waals surface area contributed by atoms with Gasteiger partial charge in [0.25, 0.3) is 20.2 Å². The topological polar surface area (TPSA) is 122 Å². The SMILES string of the molecule is O=S(=O)(O)c1ccc2c(oc3ccccc32)c1S(=O)(=O)O. The Morgan fingerprint density at radius 2 is 1.48 bits per heavy atom. The molecule has 7 nitrogen and oxygen atoms in total. The van der Waals surface area contributed by atoms with Crippen LogP contribution in [0.25, 0.3) is 21.9 Å². The summed E-state index contributed by atoms with van der Waals surface area (Å²) in [4.78, 5) is -1.91. The number of hydrogen-bond acceptors (Lipinski definition) is 5. The largest absolute Gasteiger partial charge is 0.455 e. The van der Waals surface area contributed by atoms with Crippen LogP contribution >= 0.6 is 0 Å². The first-order valence-corrected chi connectivity index (χ1v) is 8.47. The maximum atomic E-state index is 11.5. The van der Waals surface area contributed by atoms with Crippen LogP contribution in [0.4, 0.5) is 0 Å². The van der Waals surface area contributed by atoms with Crippen LogP contribution in [0.1, 0.15) is 0 Å². The molecule has 0 amide bonds. The lowest BCUT2D eigenvalue weighted by Gasteiger charge is -2.04. The third-order valence-electron chi connectivity index (χ3n) is 3.00. The fourth-order valence-corrected chi connectivity index (χ4v) is 4.10. The highest BCUT2D eigenvalue weighted by Crippen LogP contribution is 2.36. The van der Waals surface area contributed by atoms with Crippen molar-refractivity contribution in [2.45, 2.75) is 9.79 Å². The third kappa shape index (κ3) is 2.20. The first-order chi connectivity index (χ1) is 9.69. The number of fused-ring (bicyclic) bond motifs is 3. The lowest BCUT2D eigenvalue weighted by molar-refractivity contribution is 0.465. The van der Waals surface area contributed by atoms with E-state index in [9.17, 15) is 21.4 Å². The Hall–Kier alpha value is -1.94. The van der Waals surface area contributed by atoms with Crippen molar-refractivity contribution in [2.24, 2.45) is 0 Å². The van der Waals surface area contributed by atoms with Gasteiger partial charge in [0, 0.05) is 10.8 Å². The van der Waals surface area contributed by atoms with Gasteiger partial charge in [-0.15, -0.1) is 0 Å². The van der Waals surface area contributed by atoms with Crippen LogP contribution in [0, 0.1) is 0 Å². The molecule has 0 aliphatic carbocycles. The molecule has 3 aromatic rings. The van der Waals surface area contributed by atoms with E-state index in [0.717, 1.165) is 6.07 Å². The molecule has 0 spiro atoms. The minimum atomic E-state index is -4.92. The standard InChI is InChI=1S/C12H8O7S2/c13-20(14,15)10-6-5-8-7-3-1-2-4-9(7)19-11(8)12(10)21(16,17)18/h1-6H,(H,13,14,15)(H,16,17,18). The quantitative estimate of drug-likeness (QED) is 0.690. The fraction of sp³-hybridized carbons (Fsp3) is 0. The van der Waals surface area contributed by atoms with Crippen molar-refractivity contribution >= 4 is 42.2 Å². The van der Waals surface area contributed by atoms with Crippen molar-refractivity contribution in [1.29, 1.82) is 0 Å². The highest BCUT2D eigenvalue weighted by molar-refractivity contribution is 7.89. The van der Waals surface area contributed by atoms with Gasteiger partial charge in [-0.2, -0.15) is 16.8 Å². The van der Waals surface area contributed by atoms with E-state index in [1.807, 2.05) is 0 Å². The molecule has 0 atom stereocenters. The van der Waals surface area contributed by atoms with Gasteiger partial charge in [-0.25, -0.2) is 0 Å². The van der Waals surface area contributed by atoms with Gasteiger partial charge in [0.05, 0.1) is 0 Å². The molecule has 110 valence electrons. The smallest absolute Gasteiger partial charge is 0.299 e. The van der Waals surface area contributed by atoms with E-state index in [0.29, 0.717) is 16.4 Å². The molecule has 0 aliphatic rings. The summed E-state index contributed by atoms with van der Waals surface area (Å²) in [6.07, 6.45) is 0. The average molecular weight is 328 g/mol. The van der Waals surface area contributed by atoms with Crippen molar-refractivity contribution in [2.75, 3.05) is 0 Å². The molecule has 0 saturated heterocycles. The van der Waals surface area contributed by atoms with E-state index in [2.05, 4.69) is 0 Å². The molecule has 0 saturated carbocycles. The van der Waals surface area contributed by atoms with Gasteiger partial charge in [0.15, 0.2) is 10.5 Å². The first-order valence-electron chi connectivity index (χ1n) is 5.59. The van der Waals surface area contributed by atoms with E-state index < -0.39 is 30.0 Å². The molecule has 9 heteroatoms. The molecule has 3 rings (SSSR count). The molecular formula is C12H8O7S2. The molecule has 0 bridgehead atoms. The van der Waals surface area contributed by atoms with E-state index in [1.54, 1.807) is 24.3 Å². The highest BCUT2D eigenvalue weighted by Gasteiger charge is 2.29. The maximum Gasteiger partial charge on any atom is 0.299 e. The van der Waals surface area contributed by atoms with Crippen molar-refractivity contribution < 1.29 is 30.4 Å². The van der Waals surface area contributed by atoms with Gasteiger partial charge in [0.2, 0.25) is 0 Å². The van der Waals surface area contributed by atoms with Crippen LogP contribution in [-0.4, -0.2) is 25.9 Å². The molecule has 2 aromatic carbocycles. The summed E-state index contributed by atoms with van der Waals surface area (Å²) in [5, 5.41) is 0.866. The molecule has 0 fully saturated rings. The van der Waals surface area contributed by atoms with Gasteiger partial charge in [-0.3, -0.25) is 9.11 Å². The Bertz CT molecular complexity index is 1080. The minimum absolute atomic E-state index is 0.311. The second kappa shape index (κ2) is 4.28. The van der Waals surface area contributed by atoms with Gasteiger partial charge in [-0.05, 0) is 18.2 Å². The van der Waals surface area contributed by atoms with Gasteiger partial charge in [0.1, 0.15) is 10.5 Å². The predicted octanol–water partition coefficient (Wildman–Crippen LogP) is 2.08. The van der Waals surface area contributed by atoms with E-state index in [-0.39, 0.29) is 5.58 Å². The van der Waals surface area contributed by atoms with Crippen LogP contribution in [0.15, 0.2) is 50.6 Å². The zero-order chi connectivity index (χ0) is 15.4. The fourth-order valence-electron chi connectivity index (χ4n) is 2.19. The molecule has 1 heterocycles. The van der Waals surface area contributed by atoms with Crippen LogP contribution in [0.5, 0.6) is 0 Å². The lowest BCUT2D eigenvalue weighted by Crippen LogP contribution is -2.08. The molecule has 0 aliphatic heterocycles. The summed E-state index contributed by atoms with van der Waals surface area (Å²) in [6.45, 7) is 0. The van der Waals surface area contributed by atoms with Gasteiger partial charge >= 0.3 is 0 Å². The molecular weight excluding hydrogens is 320 g/mol. The number of rotatable bonds is 2. The third-order valence-corrected chi connectivity index (χ3v) is 4.95. The van der Waals surface area contributed by atoms with E-state index >= 15 is 0 Å². The predicted molar refractivity (Wildman–Crippen MR) is 73.3 cm³/mol. The Balaban J connectivity index is 2.63. The summed E-state index contributed by atoms with van der Waals surface area (Å²) < 4.78 is 69.4. The van der Waals surface area contributed by atoms with Gasteiger partial charge < -0.3 is 4.42 Å². The minimum Gasteiger partial charge on any atom is -0.455 e. The normalized spacial score (nSPS) is 13.0. The number of furan rings is 1. The molecule has 1 aromatic heterocycles. The molecule has 0 radical (unpaired) electrons.